The number of rotatable bonds is 4. The lowest BCUT2D eigenvalue weighted by atomic mass is 9.85. The molecule has 0 amide bonds. The van der Waals surface area contributed by atoms with E-state index >= 15 is 0 Å². The molecule has 0 spiro atoms. The van der Waals surface area contributed by atoms with Crippen LogP contribution in [0.15, 0.2) is 18.2 Å². The fourth-order valence-electron chi connectivity index (χ4n) is 3.56. The predicted octanol–water partition coefficient (Wildman–Crippen LogP) is 4.30. The van der Waals surface area contributed by atoms with E-state index in [2.05, 4.69) is 70.0 Å². The van der Waals surface area contributed by atoms with Crippen molar-refractivity contribution in [3.8, 4) is 0 Å². The number of nitrogens with one attached hydrogen (secondary N) is 1. The van der Waals surface area contributed by atoms with Gasteiger partial charge < -0.3 is 10.2 Å². The van der Waals surface area contributed by atoms with Crippen molar-refractivity contribution in [1.82, 2.24) is 5.32 Å². The minimum absolute atomic E-state index is 0.265. The van der Waals surface area contributed by atoms with Crippen LogP contribution in [0.5, 0.6) is 0 Å². The van der Waals surface area contributed by atoms with Gasteiger partial charge in [-0.1, -0.05) is 39.8 Å². The number of anilines is 1. The molecule has 0 aliphatic carbocycles. The highest BCUT2D eigenvalue weighted by molar-refractivity contribution is 5.57. The monoisotopic (exact) mass is 288 g/mol. The zero-order valence-electron chi connectivity index (χ0n) is 14.7. The SMILES string of the molecule is CCC1(CC)CN(c2cccc(C)c2C)C(C(C)C)CN1. The molecule has 0 bridgehead atoms. The maximum absolute atomic E-state index is 3.86. The fraction of sp³-hybridized carbons (Fsp3) is 0.684. The van der Waals surface area contributed by atoms with Crippen LogP contribution in [-0.2, 0) is 0 Å². The normalized spacial score (nSPS) is 21.9. The Hall–Kier alpha value is -1.02. The third-order valence-corrected chi connectivity index (χ3v) is 5.57. The smallest absolute Gasteiger partial charge is 0.0438 e. The topological polar surface area (TPSA) is 15.3 Å². The first-order valence-corrected chi connectivity index (χ1v) is 8.52. The second-order valence-electron chi connectivity index (χ2n) is 7.03. The Balaban J connectivity index is 2.41. The van der Waals surface area contributed by atoms with E-state index in [4.69, 9.17) is 0 Å². The molecule has 0 radical (unpaired) electrons. The molecule has 2 heteroatoms. The van der Waals surface area contributed by atoms with Crippen LogP contribution >= 0.6 is 0 Å². The van der Waals surface area contributed by atoms with Crippen LogP contribution in [0.2, 0.25) is 0 Å². The van der Waals surface area contributed by atoms with Gasteiger partial charge in [-0.2, -0.15) is 0 Å². The number of nitrogens with zero attached hydrogens (tertiary/aromatic N) is 1. The molecule has 1 N–H and O–H groups in total. The Morgan fingerprint density at radius 2 is 1.90 bits per heavy atom. The number of aryl methyl sites for hydroxylation is 1. The molecule has 1 unspecified atom stereocenters. The van der Waals surface area contributed by atoms with E-state index in [0.29, 0.717) is 12.0 Å². The molecule has 1 atom stereocenters. The van der Waals surface area contributed by atoms with Crippen molar-refractivity contribution in [2.45, 2.75) is 66.0 Å². The average molecular weight is 288 g/mol. The molecule has 0 aromatic heterocycles. The van der Waals surface area contributed by atoms with Crippen LogP contribution < -0.4 is 10.2 Å². The highest BCUT2D eigenvalue weighted by Crippen LogP contribution is 2.32. The molecule has 21 heavy (non-hydrogen) atoms. The van der Waals surface area contributed by atoms with Gasteiger partial charge in [0, 0.05) is 30.4 Å². The number of hydrogen-bond donors (Lipinski definition) is 1. The van der Waals surface area contributed by atoms with Crippen LogP contribution in [0, 0.1) is 19.8 Å². The van der Waals surface area contributed by atoms with Crippen molar-refractivity contribution in [3.05, 3.63) is 29.3 Å². The zero-order chi connectivity index (χ0) is 15.6. The van der Waals surface area contributed by atoms with Crippen LogP contribution in [0.3, 0.4) is 0 Å². The summed E-state index contributed by atoms with van der Waals surface area (Å²) in [6.07, 6.45) is 2.38. The molecule has 1 saturated heterocycles. The van der Waals surface area contributed by atoms with Gasteiger partial charge in [-0.25, -0.2) is 0 Å². The van der Waals surface area contributed by atoms with E-state index in [9.17, 15) is 0 Å². The zero-order valence-corrected chi connectivity index (χ0v) is 14.7. The van der Waals surface area contributed by atoms with Crippen molar-refractivity contribution in [1.29, 1.82) is 0 Å². The second kappa shape index (κ2) is 6.39. The summed E-state index contributed by atoms with van der Waals surface area (Å²) in [5.74, 6) is 0.657. The number of piperazine rings is 1. The first kappa shape index (κ1) is 16.4. The molecule has 2 rings (SSSR count). The van der Waals surface area contributed by atoms with Gasteiger partial charge in [-0.15, -0.1) is 0 Å². The summed E-state index contributed by atoms with van der Waals surface area (Å²) in [6, 6.07) is 7.31. The van der Waals surface area contributed by atoms with Crippen molar-refractivity contribution >= 4 is 5.69 Å². The maximum Gasteiger partial charge on any atom is 0.0438 e. The lowest BCUT2D eigenvalue weighted by Gasteiger charge is -2.50. The molecule has 0 saturated carbocycles. The molecule has 118 valence electrons. The summed E-state index contributed by atoms with van der Waals surface area (Å²) in [7, 11) is 0. The Morgan fingerprint density at radius 3 is 2.48 bits per heavy atom. The summed E-state index contributed by atoms with van der Waals surface area (Å²) >= 11 is 0. The standard InChI is InChI=1S/C19H32N2/c1-7-19(8-2)13-21(18(12-20-19)14(3)4)17-11-9-10-15(5)16(17)6/h9-11,14,18,20H,7-8,12-13H2,1-6H3. The van der Waals surface area contributed by atoms with Crippen molar-refractivity contribution in [2.24, 2.45) is 5.92 Å². The summed E-state index contributed by atoms with van der Waals surface area (Å²) in [6.45, 7) is 16.0. The van der Waals surface area contributed by atoms with E-state index in [1.807, 2.05) is 0 Å². The summed E-state index contributed by atoms with van der Waals surface area (Å²) in [5.41, 5.74) is 4.53. The second-order valence-corrected chi connectivity index (χ2v) is 7.03. The lowest BCUT2D eigenvalue weighted by molar-refractivity contribution is 0.227. The third kappa shape index (κ3) is 3.11. The molecule has 2 nitrogen and oxygen atoms in total. The van der Waals surface area contributed by atoms with Crippen molar-refractivity contribution in [3.63, 3.8) is 0 Å². The molecule has 1 aromatic carbocycles. The van der Waals surface area contributed by atoms with Crippen molar-refractivity contribution < 1.29 is 0 Å². The quantitative estimate of drug-likeness (QED) is 0.889. The van der Waals surface area contributed by atoms with Gasteiger partial charge in [0.25, 0.3) is 0 Å². The molecule has 1 fully saturated rings. The molecule has 1 aromatic rings. The lowest BCUT2D eigenvalue weighted by Crippen LogP contribution is -2.65. The van der Waals surface area contributed by atoms with Crippen LogP contribution in [0.25, 0.3) is 0 Å². The summed E-state index contributed by atoms with van der Waals surface area (Å²) in [5, 5.41) is 3.86. The number of hydrogen-bond acceptors (Lipinski definition) is 2. The van der Waals surface area contributed by atoms with Gasteiger partial charge in [0.1, 0.15) is 0 Å². The van der Waals surface area contributed by atoms with Gasteiger partial charge in [0.05, 0.1) is 0 Å². The molecular formula is C19H32N2. The van der Waals surface area contributed by atoms with Gasteiger partial charge >= 0.3 is 0 Å². The molecule has 1 aliphatic rings. The first-order chi connectivity index (χ1) is 9.94. The van der Waals surface area contributed by atoms with E-state index in [1.165, 1.54) is 29.7 Å². The van der Waals surface area contributed by atoms with Gasteiger partial charge in [-0.3, -0.25) is 0 Å². The van der Waals surface area contributed by atoms with E-state index in [0.717, 1.165) is 13.1 Å². The Kier molecular flexibility index (Phi) is 4.98. The molecule has 1 heterocycles. The predicted molar refractivity (Wildman–Crippen MR) is 93.2 cm³/mol. The van der Waals surface area contributed by atoms with E-state index in [1.54, 1.807) is 0 Å². The van der Waals surface area contributed by atoms with Crippen LogP contribution in [0.4, 0.5) is 5.69 Å². The van der Waals surface area contributed by atoms with Crippen LogP contribution in [-0.4, -0.2) is 24.7 Å². The maximum atomic E-state index is 3.86. The molecule has 1 aliphatic heterocycles. The van der Waals surface area contributed by atoms with E-state index in [-0.39, 0.29) is 5.54 Å². The first-order valence-electron chi connectivity index (χ1n) is 8.52. The van der Waals surface area contributed by atoms with Gasteiger partial charge in [0.15, 0.2) is 0 Å². The van der Waals surface area contributed by atoms with E-state index < -0.39 is 0 Å². The minimum atomic E-state index is 0.265. The van der Waals surface area contributed by atoms with Crippen molar-refractivity contribution in [2.75, 3.05) is 18.0 Å². The van der Waals surface area contributed by atoms with Gasteiger partial charge in [-0.05, 0) is 49.8 Å². The number of benzene rings is 1. The average Bonchev–Trinajstić information content (AvgIpc) is 2.49. The third-order valence-electron chi connectivity index (χ3n) is 5.57. The minimum Gasteiger partial charge on any atom is -0.365 e. The summed E-state index contributed by atoms with van der Waals surface area (Å²) < 4.78 is 0. The highest BCUT2D eigenvalue weighted by atomic mass is 15.3. The Bertz CT molecular complexity index is 474. The van der Waals surface area contributed by atoms with Gasteiger partial charge in [0.2, 0.25) is 0 Å². The van der Waals surface area contributed by atoms with Crippen LogP contribution in [0.1, 0.15) is 51.7 Å². The highest BCUT2D eigenvalue weighted by Gasteiger charge is 2.38. The fourth-order valence-corrected chi connectivity index (χ4v) is 3.56. The largest absolute Gasteiger partial charge is 0.365 e. The Morgan fingerprint density at radius 1 is 1.24 bits per heavy atom. The summed E-state index contributed by atoms with van der Waals surface area (Å²) in [4.78, 5) is 2.68. The Labute approximate surface area is 130 Å². The molecular weight excluding hydrogens is 256 g/mol.